The summed E-state index contributed by atoms with van der Waals surface area (Å²) < 4.78 is 7.21. The van der Waals surface area contributed by atoms with Gasteiger partial charge in [-0.15, -0.1) is 0 Å². The maximum atomic E-state index is 11.5. The minimum Gasteiger partial charge on any atom is -0.478 e. The molecule has 0 aliphatic heterocycles. The van der Waals surface area contributed by atoms with Crippen molar-refractivity contribution >= 4 is 17.0 Å². The van der Waals surface area contributed by atoms with Crippen molar-refractivity contribution in [1.82, 2.24) is 9.55 Å². The minimum atomic E-state index is -0.920. The number of rotatable bonds is 6. The molecular weight excluding hydrogens is 268 g/mol. The molecule has 1 aromatic heterocycles. The zero-order valence-electron chi connectivity index (χ0n) is 13.0. The lowest BCUT2D eigenvalue weighted by atomic mass is 10.1. The molecule has 21 heavy (non-hydrogen) atoms. The summed E-state index contributed by atoms with van der Waals surface area (Å²) in [6.45, 7) is 6.85. The topological polar surface area (TPSA) is 64.4 Å². The lowest BCUT2D eigenvalue weighted by molar-refractivity contribution is 0.0698. The largest absolute Gasteiger partial charge is 0.478 e. The molecule has 5 heteroatoms. The molecule has 2 rings (SSSR count). The fraction of sp³-hybridized carbons (Fsp3) is 0.500. The number of aromatic carboxylic acids is 1. The number of carboxylic acids is 1. The van der Waals surface area contributed by atoms with Gasteiger partial charge in [-0.2, -0.15) is 0 Å². The Morgan fingerprint density at radius 1 is 1.38 bits per heavy atom. The SMILES string of the molecule is COCCC(C)n1c(C(C)C)nc2cccc(C(=O)O)c21. The number of imidazole rings is 1. The zero-order valence-corrected chi connectivity index (χ0v) is 13.0. The number of aromatic nitrogens is 2. The number of methoxy groups -OCH3 is 1. The van der Waals surface area contributed by atoms with E-state index < -0.39 is 5.97 Å². The van der Waals surface area contributed by atoms with Crippen LogP contribution < -0.4 is 0 Å². The zero-order chi connectivity index (χ0) is 15.6. The highest BCUT2D eigenvalue weighted by molar-refractivity contribution is 6.01. The van der Waals surface area contributed by atoms with Crippen molar-refractivity contribution in [3.63, 3.8) is 0 Å². The summed E-state index contributed by atoms with van der Waals surface area (Å²) in [5.41, 5.74) is 1.75. The van der Waals surface area contributed by atoms with E-state index in [-0.39, 0.29) is 12.0 Å². The second-order valence-corrected chi connectivity index (χ2v) is 5.60. The predicted molar refractivity (Wildman–Crippen MR) is 82.0 cm³/mol. The van der Waals surface area contributed by atoms with Gasteiger partial charge in [0.25, 0.3) is 0 Å². The lowest BCUT2D eigenvalue weighted by Gasteiger charge is -2.19. The third kappa shape index (κ3) is 2.93. The van der Waals surface area contributed by atoms with E-state index in [9.17, 15) is 9.90 Å². The van der Waals surface area contributed by atoms with Crippen LogP contribution in [0.5, 0.6) is 0 Å². The molecule has 1 aromatic carbocycles. The second-order valence-electron chi connectivity index (χ2n) is 5.60. The first-order valence-corrected chi connectivity index (χ1v) is 7.20. The van der Waals surface area contributed by atoms with Crippen LogP contribution in [0.4, 0.5) is 0 Å². The summed E-state index contributed by atoms with van der Waals surface area (Å²) in [4.78, 5) is 16.2. The van der Waals surface area contributed by atoms with Gasteiger partial charge in [-0.1, -0.05) is 19.9 Å². The van der Waals surface area contributed by atoms with Crippen LogP contribution in [0, 0.1) is 0 Å². The van der Waals surface area contributed by atoms with Gasteiger partial charge in [0.05, 0.1) is 16.6 Å². The third-order valence-corrected chi connectivity index (χ3v) is 3.66. The summed E-state index contributed by atoms with van der Waals surface area (Å²) in [5.74, 6) is 0.224. The van der Waals surface area contributed by atoms with Crippen molar-refractivity contribution in [3.8, 4) is 0 Å². The van der Waals surface area contributed by atoms with Crippen molar-refractivity contribution in [2.45, 2.75) is 39.2 Å². The summed E-state index contributed by atoms with van der Waals surface area (Å²) in [7, 11) is 1.67. The average Bonchev–Trinajstić information content (AvgIpc) is 2.84. The van der Waals surface area contributed by atoms with E-state index in [0.717, 1.165) is 17.8 Å². The Morgan fingerprint density at radius 2 is 2.10 bits per heavy atom. The molecule has 114 valence electrons. The Balaban J connectivity index is 2.68. The maximum Gasteiger partial charge on any atom is 0.337 e. The molecule has 0 amide bonds. The Hall–Kier alpha value is -1.88. The van der Waals surface area contributed by atoms with Crippen molar-refractivity contribution in [1.29, 1.82) is 0 Å². The first kappa shape index (κ1) is 15.5. The van der Waals surface area contributed by atoms with Crippen LogP contribution in [-0.4, -0.2) is 34.3 Å². The Bertz CT molecular complexity index is 646. The quantitative estimate of drug-likeness (QED) is 0.885. The van der Waals surface area contributed by atoms with E-state index in [2.05, 4.69) is 30.3 Å². The maximum absolute atomic E-state index is 11.5. The van der Waals surface area contributed by atoms with Crippen molar-refractivity contribution in [3.05, 3.63) is 29.6 Å². The van der Waals surface area contributed by atoms with Crippen molar-refractivity contribution in [2.75, 3.05) is 13.7 Å². The molecule has 0 bridgehead atoms. The van der Waals surface area contributed by atoms with Gasteiger partial charge in [0, 0.05) is 25.7 Å². The van der Waals surface area contributed by atoms with Gasteiger partial charge in [-0.3, -0.25) is 0 Å². The smallest absolute Gasteiger partial charge is 0.337 e. The summed E-state index contributed by atoms with van der Waals surface area (Å²) in [5, 5.41) is 9.45. The summed E-state index contributed by atoms with van der Waals surface area (Å²) >= 11 is 0. The molecule has 1 N–H and O–H groups in total. The standard InChI is InChI=1S/C16H22N2O3/c1-10(2)15-17-13-7-5-6-12(16(19)20)14(13)18(15)11(3)8-9-21-4/h5-7,10-11H,8-9H2,1-4H3,(H,19,20). The molecule has 0 fully saturated rings. The number of fused-ring (bicyclic) bond motifs is 1. The monoisotopic (exact) mass is 290 g/mol. The molecule has 0 radical (unpaired) electrons. The first-order chi connectivity index (χ1) is 9.97. The Kier molecular flexibility index (Phi) is 4.63. The molecule has 0 aliphatic rings. The molecule has 1 atom stereocenters. The van der Waals surface area contributed by atoms with E-state index in [1.807, 2.05) is 6.07 Å². The van der Waals surface area contributed by atoms with Crippen LogP contribution in [0.25, 0.3) is 11.0 Å². The van der Waals surface area contributed by atoms with E-state index in [4.69, 9.17) is 4.74 Å². The van der Waals surface area contributed by atoms with Gasteiger partial charge in [0.15, 0.2) is 0 Å². The second kappa shape index (κ2) is 6.26. The van der Waals surface area contributed by atoms with Crippen LogP contribution in [0.1, 0.15) is 55.3 Å². The van der Waals surface area contributed by atoms with E-state index in [1.165, 1.54) is 0 Å². The minimum absolute atomic E-state index is 0.132. The molecule has 0 saturated heterocycles. The number of para-hydroxylation sites is 1. The number of benzene rings is 1. The van der Waals surface area contributed by atoms with Gasteiger partial charge < -0.3 is 14.4 Å². The van der Waals surface area contributed by atoms with Crippen LogP contribution in [0.3, 0.4) is 0 Å². The number of ether oxygens (including phenoxy) is 1. The Labute approximate surface area is 124 Å². The van der Waals surface area contributed by atoms with Crippen LogP contribution >= 0.6 is 0 Å². The van der Waals surface area contributed by atoms with E-state index in [1.54, 1.807) is 19.2 Å². The number of hydrogen-bond acceptors (Lipinski definition) is 3. The molecule has 0 spiro atoms. The highest BCUT2D eigenvalue weighted by Gasteiger charge is 2.22. The van der Waals surface area contributed by atoms with Crippen LogP contribution in [0.2, 0.25) is 0 Å². The lowest BCUT2D eigenvalue weighted by Crippen LogP contribution is -2.14. The molecule has 1 heterocycles. The number of carboxylic acid groups (broad SMARTS) is 1. The van der Waals surface area contributed by atoms with Crippen LogP contribution in [0.15, 0.2) is 18.2 Å². The fourth-order valence-corrected chi connectivity index (χ4v) is 2.61. The van der Waals surface area contributed by atoms with Gasteiger partial charge in [-0.05, 0) is 25.5 Å². The average molecular weight is 290 g/mol. The van der Waals surface area contributed by atoms with Gasteiger partial charge >= 0.3 is 5.97 Å². The van der Waals surface area contributed by atoms with Gasteiger partial charge in [0.1, 0.15) is 5.82 Å². The first-order valence-electron chi connectivity index (χ1n) is 7.20. The number of carbonyl (C=O) groups is 1. The van der Waals surface area contributed by atoms with E-state index >= 15 is 0 Å². The molecular formula is C16H22N2O3. The highest BCUT2D eigenvalue weighted by atomic mass is 16.5. The number of hydrogen-bond donors (Lipinski definition) is 1. The molecule has 5 nitrogen and oxygen atoms in total. The van der Waals surface area contributed by atoms with E-state index in [0.29, 0.717) is 17.7 Å². The third-order valence-electron chi connectivity index (χ3n) is 3.66. The molecule has 1 unspecified atom stereocenters. The molecule has 2 aromatic rings. The predicted octanol–water partition coefficient (Wildman–Crippen LogP) is 3.46. The highest BCUT2D eigenvalue weighted by Crippen LogP contribution is 2.29. The van der Waals surface area contributed by atoms with Crippen LogP contribution in [-0.2, 0) is 4.74 Å². The van der Waals surface area contributed by atoms with Crippen molar-refractivity contribution in [2.24, 2.45) is 0 Å². The normalized spacial score (nSPS) is 13.0. The fourth-order valence-electron chi connectivity index (χ4n) is 2.61. The molecule has 0 aliphatic carbocycles. The number of nitrogens with zero attached hydrogens (tertiary/aromatic N) is 2. The summed E-state index contributed by atoms with van der Waals surface area (Å²) in [6.07, 6.45) is 0.815. The van der Waals surface area contributed by atoms with Gasteiger partial charge in [-0.25, -0.2) is 9.78 Å². The summed E-state index contributed by atoms with van der Waals surface area (Å²) in [6, 6.07) is 5.38. The van der Waals surface area contributed by atoms with Crippen molar-refractivity contribution < 1.29 is 14.6 Å². The van der Waals surface area contributed by atoms with Gasteiger partial charge in [0.2, 0.25) is 0 Å². The Morgan fingerprint density at radius 3 is 2.67 bits per heavy atom. The molecule has 0 saturated carbocycles.